The summed E-state index contributed by atoms with van der Waals surface area (Å²) in [5.41, 5.74) is 11.6. The molecule has 2 saturated heterocycles. The average molecular weight is 758 g/mol. The Morgan fingerprint density at radius 1 is 1.16 bits per heavy atom. The van der Waals surface area contributed by atoms with Crippen LogP contribution in [0.25, 0.3) is 11.2 Å². The molecule has 5 rings (SSSR count). The van der Waals surface area contributed by atoms with Crippen LogP contribution < -0.4 is 27.7 Å². The molecule has 0 aromatic carbocycles. The molecule has 2 aliphatic heterocycles. The number of methoxy groups -OCH3 is 1. The molecule has 28 heteroatoms. The number of nitrogens with zero attached hydrogens (tertiary/aromatic N) is 5. The lowest BCUT2D eigenvalue weighted by atomic mass is 10.1. The van der Waals surface area contributed by atoms with Crippen molar-refractivity contribution in [2.24, 2.45) is 0 Å². The van der Waals surface area contributed by atoms with Crippen molar-refractivity contribution in [1.29, 1.82) is 0 Å². The summed E-state index contributed by atoms with van der Waals surface area (Å²) in [6.45, 7) is -1.07. The number of aliphatic hydroxyl groups is 1. The Kier molecular flexibility index (Phi) is 11.8. The zero-order valence-electron chi connectivity index (χ0n) is 25.5. The van der Waals surface area contributed by atoms with Gasteiger partial charge in [0.05, 0.1) is 19.0 Å². The van der Waals surface area contributed by atoms with Gasteiger partial charge in [-0.3, -0.25) is 18.9 Å². The SMILES string of the molecule is CNc1c(NC2OC(COP(=O)(O)OP(=O)(O)OP(O)OOCC3CCC(n4cnc5c(N)ncnc54)O3)C(OC)C2O)nc(N)[nH]c1=O. The number of rotatable bonds is 16. The molecule has 0 radical (unpaired) electrons. The van der Waals surface area contributed by atoms with Crippen LogP contribution in [-0.2, 0) is 46.0 Å². The van der Waals surface area contributed by atoms with Crippen LogP contribution in [0.15, 0.2) is 17.4 Å². The Hall–Kier alpha value is -2.96. The largest absolute Gasteiger partial charge is 0.488 e. The second kappa shape index (κ2) is 15.5. The predicted molar refractivity (Wildman–Crippen MR) is 165 cm³/mol. The summed E-state index contributed by atoms with van der Waals surface area (Å²) in [6.07, 6.45) is -2.36. The van der Waals surface area contributed by atoms with Crippen molar-refractivity contribution in [2.45, 2.75) is 49.7 Å². The van der Waals surface area contributed by atoms with Gasteiger partial charge in [-0.05, 0) is 12.8 Å². The quantitative estimate of drug-likeness (QED) is 0.0501. The molecule has 49 heavy (non-hydrogen) atoms. The van der Waals surface area contributed by atoms with Crippen LogP contribution in [0.1, 0.15) is 19.1 Å². The predicted octanol–water partition coefficient (Wildman–Crippen LogP) is -0.576. The first-order chi connectivity index (χ1) is 23.2. The number of aromatic amines is 1. The fraction of sp³-hybridized carbons (Fsp3) is 0.571. The molecule has 0 saturated carbocycles. The molecule has 25 nitrogen and oxygen atoms in total. The second-order valence-corrected chi connectivity index (χ2v) is 14.3. The van der Waals surface area contributed by atoms with Crippen molar-refractivity contribution in [3.63, 3.8) is 0 Å². The van der Waals surface area contributed by atoms with E-state index in [2.05, 4.69) is 48.8 Å². The fourth-order valence-electron chi connectivity index (χ4n) is 4.93. The molecule has 272 valence electrons. The van der Waals surface area contributed by atoms with Crippen LogP contribution >= 0.6 is 24.2 Å². The second-order valence-electron chi connectivity index (χ2n) is 10.2. The Balaban J connectivity index is 1.07. The number of phosphoric ester groups is 1. The average Bonchev–Trinajstić information content (AvgIpc) is 3.73. The van der Waals surface area contributed by atoms with E-state index in [9.17, 15) is 33.7 Å². The first kappa shape index (κ1) is 37.3. The van der Waals surface area contributed by atoms with Gasteiger partial charge in [-0.1, -0.05) is 0 Å². The van der Waals surface area contributed by atoms with Crippen molar-refractivity contribution in [3.8, 4) is 0 Å². The number of aromatic nitrogens is 6. The molecular weight excluding hydrogens is 725 g/mol. The molecule has 3 aromatic heterocycles. The van der Waals surface area contributed by atoms with Crippen LogP contribution in [0.5, 0.6) is 0 Å². The van der Waals surface area contributed by atoms with Gasteiger partial charge in [0.15, 0.2) is 23.5 Å². The number of fused-ring (bicyclic) bond motifs is 1. The lowest BCUT2D eigenvalue weighted by molar-refractivity contribution is -0.233. The minimum absolute atomic E-state index is 0.0361. The molecule has 0 spiro atoms. The molecule has 2 aliphatic rings. The van der Waals surface area contributed by atoms with E-state index >= 15 is 0 Å². The van der Waals surface area contributed by atoms with Crippen LogP contribution in [0.2, 0.25) is 0 Å². The van der Waals surface area contributed by atoms with Gasteiger partial charge >= 0.3 is 24.2 Å². The number of aliphatic hydroxyl groups excluding tert-OH is 1. The van der Waals surface area contributed by atoms with Gasteiger partial charge < -0.3 is 56.1 Å². The van der Waals surface area contributed by atoms with Gasteiger partial charge in [0, 0.05) is 14.2 Å². The number of H-pyrrole nitrogens is 1. The number of nitrogens with two attached hydrogens (primary N) is 2. The van der Waals surface area contributed by atoms with Crippen LogP contribution in [0.4, 0.5) is 23.3 Å². The van der Waals surface area contributed by atoms with Crippen molar-refractivity contribution >= 4 is 58.7 Å². The van der Waals surface area contributed by atoms with E-state index in [0.29, 0.717) is 24.0 Å². The molecule has 5 heterocycles. The van der Waals surface area contributed by atoms with Gasteiger partial charge in [-0.15, -0.1) is 0 Å². The van der Waals surface area contributed by atoms with Gasteiger partial charge in [0.2, 0.25) is 5.95 Å². The molecule has 3 aromatic rings. The summed E-state index contributed by atoms with van der Waals surface area (Å²) in [5, 5.41) is 16.0. The van der Waals surface area contributed by atoms with Gasteiger partial charge in [0.25, 0.3) is 5.56 Å². The Morgan fingerprint density at radius 3 is 2.67 bits per heavy atom. The molecular formula is C21H33N10O15P3. The lowest BCUT2D eigenvalue weighted by Gasteiger charge is -2.21. The van der Waals surface area contributed by atoms with E-state index in [1.54, 1.807) is 4.57 Å². The maximum atomic E-state index is 12.5. The van der Waals surface area contributed by atoms with Gasteiger partial charge in [-0.25, -0.2) is 33.3 Å². The maximum absolute atomic E-state index is 12.5. The Labute approximate surface area is 276 Å². The van der Waals surface area contributed by atoms with E-state index in [1.807, 2.05) is 0 Å². The minimum atomic E-state index is -5.50. The summed E-state index contributed by atoms with van der Waals surface area (Å²) in [7, 11) is -11.5. The highest BCUT2D eigenvalue weighted by Crippen LogP contribution is 2.65. The van der Waals surface area contributed by atoms with E-state index < -0.39 is 73.3 Å². The van der Waals surface area contributed by atoms with Crippen LogP contribution in [-0.4, -0.2) is 107 Å². The summed E-state index contributed by atoms with van der Waals surface area (Å²) in [6, 6.07) is 0. The number of anilines is 4. The molecule has 9 atom stereocenters. The van der Waals surface area contributed by atoms with Gasteiger partial charge in [-0.2, -0.15) is 14.0 Å². The monoisotopic (exact) mass is 758 g/mol. The fourth-order valence-corrected chi connectivity index (χ4v) is 7.85. The summed E-state index contributed by atoms with van der Waals surface area (Å²) < 4.78 is 61.0. The minimum Gasteiger partial charge on any atom is -0.386 e. The number of ether oxygens (including phenoxy) is 3. The summed E-state index contributed by atoms with van der Waals surface area (Å²) in [5.74, 6) is -0.115. The lowest BCUT2D eigenvalue weighted by Crippen LogP contribution is -2.38. The highest BCUT2D eigenvalue weighted by atomic mass is 31.3. The summed E-state index contributed by atoms with van der Waals surface area (Å²) >= 11 is 0. The number of nitrogen functional groups attached to an aromatic ring is 2. The first-order valence-electron chi connectivity index (χ1n) is 14.0. The van der Waals surface area contributed by atoms with E-state index in [0.717, 1.165) is 0 Å². The number of hydrogen-bond donors (Lipinski definition) is 9. The highest BCUT2D eigenvalue weighted by molar-refractivity contribution is 7.65. The van der Waals surface area contributed by atoms with E-state index in [1.165, 1.54) is 26.8 Å². The molecule has 0 bridgehead atoms. The Morgan fingerprint density at radius 2 is 1.94 bits per heavy atom. The third-order valence-corrected chi connectivity index (χ3v) is 10.8. The van der Waals surface area contributed by atoms with Crippen LogP contribution in [0, 0.1) is 0 Å². The molecule has 0 amide bonds. The molecule has 0 aliphatic carbocycles. The topological polar surface area (TPSA) is 354 Å². The Bertz CT molecular complexity index is 1770. The third kappa shape index (κ3) is 9.05. The zero-order chi connectivity index (χ0) is 35.5. The van der Waals surface area contributed by atoms with E-state index in [-0.39, 0.29) is 29.9 Å². The zero-order valence-corrected chi connectivity index (χ0v) is 28.1. The third-order valence-electron chi connectivity index (χ3n) is 7.01. The smallest absolute Gasteiger partial charge is 0.386 e. The van der Waals surface area contributed by atoms with Crippen molar-refractivity contribution < 1.29 is 65.8 Å². The van der Waals surface area contributed by atoms with Crippen LogP contribution in [0.3, 0.4) is 0 Å². The molecule has 11 N–H and O–H groups in total. The van der Waals surface area contributed by atoms with Gasteiger partial charge in [0.1, 0.15) is 48.7 Å². The van der Waals surface area contributed by atoms with Crippen molar-refractivity contribution in [3.05, 3.63) is 23.0 Å². The maximum Gasteiger partial charge on any atom is 0.488 e. The number of phosphoric acid groups is 2. The van der Waals surface area contributed by atoms with Crippen molar-refractivity contribution in [2.75, 3.05) is 49.5 Å². The molecule has 9 unspecified atom stereocenters. The summed E-state index contributed by atoms with van der Waals surface area (Å²) in [4.78, 5) is 65.3. The van der Waals surface area contributed by atoms with E-state index in [4.69, 9.17) is 35.1 Å². The number of imidazole rings is 1. The first-order valence-corrected chi connectivity index (χ1v) is 18.1. The van der Waals surface area contributed by atoms with Crippen molar-refractivity contribution in [1.82, 2.24) is 29.5 Å². The molecule has 2 fully saturated rings. The number of hydrogen-bond acceptors (Lipinski definition) is 21. The normalized spacial score (nSPS) is 27.1. The number of nitrogens with one attached hydrogen (secondary N) is 3. The highest BCUT2D eigenvalue weighted by Gasteiger charge is 2.47. The standard InChI is InChI=1S/C21H33N10O15P3/c1-24-13-17(29-21(23)30-19(13)33)28-20-14(32)15(39-2)10(43-20)6-41-48(35,36)46-49(37,38)45-47(34)44-40-5-9-3-4-11(42-9)31-8-27-12-16(22)25-7-26-18(12)31/h7-11,14-15,20,24,32,34H,3-6H2,1-2H3,(H,35,36)(H,37,38)(H2,22,25,26)(H4,23,28,29,30,33).